The number of alkyl halides is 6. The first kappa shape index (κ1) is 31.2. The van der Waals surface area contributed by atoms with Crippen LogP contribution in [0.2, 0.25) is 5.02 Å². The van der Waals surface area contributed by atoms with E-state index in [4.69, 9.17) is 17.3 Å². The molecule has 0 bridgehead atoms. The average molecular weight is 620 g/mol. The second kappa shape index (κ2) is 11.9. The van der Waals surface area contributed by atoms with Crippen molar-refractivity contribution < 1.29 is 36.6 Å². The van der Waals surface area contributed by atoms with Gasteiger partial charge in [-0.15, -0.1) is 5.10 Å². The number of halogens is 7. The molecule has 0 spiro atoms. The third-order valence-electron chi connectivity index (χ3n) is 6.32. The predicted molar refractivity (Wildman–Crippen MR) is 147 cm³/mol. The zero-order valence-electron chi connectivity index (χ0n) is 21.7. The van der Waals surface area contributed by atoms with E-state index in [2.05, 4.69) is 15.3 Å². The topological polar surface area (TPSA) is 118 Å². The van der Waals surface area contributed by atoms with Gasteiger partial charge in [0, 0.05) is 23.0 Å². The molecule has 43 heavy (non-hydrogen) atoms. The number of ketones is 1. The highest BCUT2D eigenvalue weighted by molar-refractivity contribution is 6.35. The van der Waals surface area contributed by atoms with Gasteiger partial charge in [-0.05, 0) is 42.0 Å². The van der Waals surface area contributed by atoms with Gasteiger partial charge in [0.15, 0.2) is 5.78 Å². The third kappa shape index (κ3) is 6.37. The van der Waals surface area contributed by atoms with Crippen LogP contribution in [0.3, 0.4) is 0 Å². The minimum absolute atomic E-state index is 0. The lowest BCUT2D eigenvalue weighted by Gasteiger charge is -2.15. The van der Waals surface area contributed by atoms with E-state index >= 15 is 0 Å². The van der Waals surface area contributed by atoms with Crippen LogP contribution in [0.25, 0.3) is 22.6 Å². The molecule has 0 aliphatic heterocycles. The van der Waals surface area contributed by atoms with Crippen molar-refractivity contribution in [1.29, 1.82) is 0 Å². The largest absolute Gasteiger partial charge is 0.416 e. The Morgan fingerprint density at radius 2 is 1.44 bits per heavy atom. The van der Waals surface area contributed by atoms with Gasteiger partial charge in [-0.2, -0.15) is 26.3 Å². The fraction of sp³-hybridized carbons (Fsp3) is 0.103. The van der Waals surface area contributed by atoms with Crippen molar-refractivity contribution in [3.8, 4) is 22.6 Å². The van der Waals surface area contributed by atoms with Crippen LogP contribution in [-0.2, 0) is 18.9 Å². The van der Waals surface area contributed by atoms with Crippen LogP contribution < -0.4 is 5.73 Å². The fourth-order valence-corrected chi connectivity index (χ4v) is 4.64. The van der Waals surface area contributed by atoms with Gasteiger partial charge >= 0.3 is 12.4 Å². The molecule has 14 heteroatoms. The lowest BCUT2D eigenvalue weighted by Crippen LogP contribution is -2.13. The highest BCUT2D eigenvalue weighted by Crippen LogP contribution is 2.38. The number of pyridine rings is 1. The predicted octanol–water partition coefficient (Wildman–Crippen LogP) is 6.73. The Morgan fingerprint density at radius 3 is 2.05 bits per heavy atom. The Bertz CT molecular complexity index is 1760. The van der Waals surface area contributed by atoms with Crippen molar-refractivity contribution in [2.75, 3.05) is 5.73 Å². The average Bonchev–Trinajstić information content (AvgIpc) is 3.35. The SMILES string of the molecule is Nc1ccnc(-c2nnn(Cc3cc(C(F)(F)F)cc(C(F)(F)F)c3)c2-c2ccccc2)c1C(=O)c1ccccc1Cl.O. The van der Waals surface area contributed by atoms with E-state index < -0.39 is 35.8 Å². The first-order valence-electron chi connectivity index (χ1n) is 12.2. The zero-order valence-corrected chi connectivity index (χ0v) is 22.5. The van der Waals surface area contributed by atoms with Crippen LogP contribution in [0.4, 0.5) is 32.0 Å². The van der Waals surface area contributed by atoms with E-state index in [9.17, 15) is 31.1 Å². The molecule has 0 aliphatic rings. The number of benzene rings is 3. The Balaban J connectivity index is 0.00000423. The molecule has 0 radical (unpaired) electrons. The molecule has 222 valence electrons. The van der Waals surface area contributed by atoms with Crippen molar-refractivity contribution in [1.82, 2.24) is 20.0 Å². The van der Waals surface area contributed by atoms with Crippen molar-refractivity contribution in [3.05, 3.63) is 118 Å². The molecule has 2 aromatic heterocycles. The molecule has 2 heterocycles. The standard InChI is InChI=1S/C29H18ClF6N5O.H2O/c30-21-9-5-4-8-20(21)27(42)23-22(37)10-11-38-24(23)25-26(17-6-2-1-3-7-17)41(40-39-25)15-16-12-18(28(31,32)33)14-19(13-16)29(34,35)36;/h1-14H,15H2,(H2,37,38);1H2. The summed E-state index contributed by atoms with van der Waals surface area (Å²) in [5.74, 6) is -0.567. The van der Waals surface area contributed by atoms with Gasteiger partial charge in [-0.1, -0.05) is 59.3 Å². The summed E-state index contributed by atoms with van der Waals surface area (Å²) < 4.78 is 82.2. The van der Waals surface area contributed by atoms with Crippen molar-refractivity contribution in [3.63, 3.8) is 0 Å². The molecule has 0 atom stereocenters. The summed E-state index contributed by atoms with van der Waals surface area (Å²) in [6, 6.07) is 17.3. The number of anilines is 1. The lowest BCUT2D eigenvalue weighted by atomic mass is 9.97. The van der Waals surface area contributed by atoms with Gasteiger partial charge in [-0.3, -0.25) is 9.78 Å². The Morgan fingerprint density at radius 1 is 0.837 bits per heavy atom. The molecule has 0 fully saturated rings. The van der Waals surface area contributed by atoms with Crippen LogP contribution >= 0.6 is 11.6 Å². The van der Waals surface area contributed by atoms with Crippen molar-refractivity contribution in [2.24, 2.45) is 0 Å². The number of hydrogen-bond acceptors (Lipinski definition) is 5. The van der Waals surface area contributed by atoms with Crippen molar-refractivity contribution >= 4 is 23.1 Å². The smallest absolute Gasteiger partial charge is 0.412 e. The summed E-state index contributed by atoms with van der Waals surface area (Å²) in [5, 5.41) is 8.38. The van der Waals surface area contributed by atoms with E-state index in [1.807, 2.05) is 0 Å². The van der Waals surface area contributed by atoms with Crippen LogP contribution in [0.15, 0.2) is 85.1 Å². The highest BCUT2D eigenvalue weighted by atomic mass is 35.5. The summed E-state index contributed by atoms with van der Waals surface area (Å²) in [6.07, 6.45) is -8.71. The minimum atomic E-state index is -5.02. The summed E-state index contributed by atoms with van der Waals surface area (Å²) >= 11 is 6.26. The number of nitrogen functional groups attached to an aromatic ring is 1. The van der Waals surface area contributed by atoms with Crippen LogP contribution in [0.1, 0.15) is 32.6 Å². The Labute approximate surface area is 244 Å². The summed E-state index contributed by atoms with van der Waals surface area (Å²) in [5.41, 5.74) is 3.79. The fourth-order valence-electron chi connectivity index (χ4n) is 4.42. The second-order valence-corrected chi connectivity index (χ2v) is 9.56. The van der Waals surface area contributed by atoms with E-state index in [1.165, 1.54) is 24.4 Å². The maximum atomic E-state index is 13.6. The minimum Gasteiger partial charge on any atom is -0.412 e. The third-order valence-corrected chi connectivity index (χ3v) is 6.64. The molecule has 4 N–H and O–H groups in total. The molecule has 0 saturated heterocycles. The van der Waals surface area contributed by atoms with Crippen LogP contribution in [-0.4, -0.2) is 31.2 Å². The lowest BCUT2D eigenvalue weighted by molar-refractivity contribution is -0.143. The summed E-state index contributed by atoms with van der Waals surface area (Å²) in [6.45, 7) is -0.514. The molecule has 0 amide bonds. The monoisotopic (exact) mass is 619 g/mol. The molecule has 3 aromatic carbocycles. The maximum absolute atomic E-state index is 13.6. The first-order chi connectivity index (χ1) is 19.8. The van der Waals surface area contributed by atoms with Crippen LogP contribution in [0.5, 0.6) is 0 Å². The maximum Gasteiger partial charge on any atom is 0.416 e. The quantitative estimate of drug-likeness (QED) is 0.167. The number of rotatable bonds is 6. The van der Waals surface area contributed by atoms with Gasteiger partial charge < -0.3 is 11.2 Å². The highest BCUT2D eigenvalue weighted by Gasteiger charge is 2.37. The van der Waals surface area contributed by atoms with Gasteiger partial charge in [0.1, 0.15) is 11.4 Å². The number of carbonyl (C=O) groups excluding carboxylic acids is 1. The van der Waals surface area contributed by atoms with Gasteiger partial charge in [0.05, 0.1) is 34.0 Å². The van der Waals surface area contributed by atoms with E-state index in [0.717, 1.165) is 4.68 Å². The number of nitrogens with two attached hydrogens (primary N) is 1. The second-order valence-electron chi connectivity index (χ2n) is 9.16. The first-order valence-corrected chi connectivity index (χ1v) is 12.5. The number of nitrogens with zero attached hydrogens (tertiary/aromatic N) is 4. The molecule has 0 saturated carbocycles. The van der Waals surface area contributed by atoms with Crippen molar-refractivity contribution in [2.45, 2.75) is 18.9 Å². The number of aromatic nitrogens is 4. The van der Waals surface area contributed by atoms with E-state index in [-0.39, 0.29) is 56.0 Å². The van der Waals surface area contributed by atoms with Gasteiger partial charge in [-0.25, -0.2) is 4.68 Å². The molecule has 0 unspecified atom stereocenters. The summed E-state index contributed by atoms with van der Waals surface area (Å²) in [4.78, 5) is 17.9. The molecular weight excluding hydrogens is 600 g/mol. The zero-order chi connectivity index (χ0) is 30.2. The Kier molecular flexibility index (Phi) is 8.60. The van der Waals surface area contributed by atoms with E-state index in [0.29, 0.717) is 17.7 Å². The number of hydrogen-bond donors (Lipinski definition) is 1. The number of carbonyl (C=O) groups is 1. The molecule has 0 aliphatic carbocycles. The Hall–Kier alpha value is -4.75. The normalized spacial score (nSPS) is 11.7. The molecule has 5 aromatic rings. The van der Waals surface area contributed by atoms with Gasteiger partial charge in [0.25, 0.3) is 0 Å². The van der Waals surface area contributed by atoms with Crippen LogP contribution in [0, 0.1) is 0 Å². The molecule has 7 nitrogen and oxygen atoms in total. The molecule has 5 rings (SSSR count). The molecular formula is C29H20ClF6N5O2. The van der Waals surface area contributed by atoms with E-state index in [1.54, 1.807) is 42.5 Å². The van der Waals surface area contributed by atoms with Gasteiger partial charge in [0.2, 0.25) is 0 Å². The summed E-state index contributed by atoms with van der Waals surface area (Å²) in [7, 11) is 0.